The van der Waals surface area contributed by atoms with Crippen LogP contribution in [0.2, 0.25) is 0 Å². The molecule has 3 aromatic rings. The fraction of sp³-hybridized carbons (Fsp3) is 0.391. The summed E-state index contributed by atoms with van der Waals surface area (Å²) in [5.41, 5.74) is 4.92. The number of benzene rings is 2. The molecule has 5 nitrogen and oxygen atoms in total. The van der Waals surface area contributed by atoms with Crippen molar-refractivity contribution in [3.63, 3.8) is 0 Å². The van der Waals surface area contributed by atoms with Crippen LogP contribution in [-0.2, 0) is 0 Å². The molecule has 0 radical (unpaired) electrons. The molecule has 0 amide bonds. The molecule has 2 aromatic carbocycles. The SMILES string of the molecule is Cc1ccccc1-c1cnnn1C(C)CCN1CCN(c2ccccc2)CC1. The van der Waals surface area contributed by atoms with E-state index in [4.69, 9.17) is 0 Å². The van der Waals surface area contributed by atoms with Crippen molar-refractivity contribution >= 4 is 5.69 Å². The number of aromatic nitrogens is 3. The van der Waals surface area contributed by atoms with E-state index in [1.165, 1.54) is 16.8 Å². The molecule has 1 saturated heterocycles. The van der Waals surface area contributed by atoms with Crippen molar-refractivity contribution in [2.45, 2.75) is 26.3 Å². The quantitative estimate of drug-likeness (QED) is 0.652. The van der Waals surface area contributed by atoms with Crippen molar-refractivity contribution in [1.82, 2.24) is 19.9 Å². The van der Waals surface area contributed by atoms with Crippen LogP contribution in [0.25, 0.3) is 11.3 Å². The van der Waals surface area contributed by atoms with Gasteiger partial charge < -0.3 is 4.90 Å². The molecule has 1 unspecified atom stereocenters. The molecular formula is C23H29N5. The van der Waals surface area contributed by atoms with E-state index in [9.17, 15) is 0 Å². The highest BCUT2D eigenvalue weighted by molar-refractivity contribution is 5.62. The highest BCUT2D eigenvalue weighted by atomic mass is 15.4. The first-order valence-corrected chi connectivity index (χ1v) is 10.2. The lowest BCUT2D eigenvalue weighted by Crippen LogP contribution is -2.46. The third-order valence-corrected chi connectivity index (χ3v) is 5.77. The molecule has 0 saturated carbocycles. The van der Waals surface area contributed by atoms with Crippen molar-refractivity contribution in [2.75, 3.05) is 37.6 Å². The Morgan fingerprint density at radius 1 is 0.929 bits per heavy atom. The van der Waals surface area contributed by atoms with Crippen LogP contribution in [0.15, 0.2) is 60.8 Å². The van der Waals surface area contributed by atoms with Gasteiger partial charge in [0.15, 0.2) is 0 Å². The van der Waals surface area contributed by atoms with E-state index in [1.807, 2.05) is 6.20 Å². The van der Waals surface area contributed by atoms with E-state index < -0.39 is 0 Å². The predicted molar refractivity (Wildman–Crippen MR) is 115 cm³/mol. The number of aryl methyl sites for hydroxylation is 1. The predicted octanol–water partition coefficient (Wildman–Crippen LogP) is 4.03. The number of piperazine rings is 1. The average Bonchev–Trinajstić information content (AvgIpc) is 3.23. The highest BCUT2D eigenvalue weighted by Crippen LogP contribution is 2.25. The molecule has 146 valence electrons. The minimum Gasteiger partial charge on any atom is -0.369 e. The van der Waals surface area contributed by atoms with E-state index in [-0.39, 0.29) is 0 Å². The van der Waals surface area contributed by atoms with Crippen LogP contribution in [0.3, 0.4) is 0 Å². The van der Waals surface area contributed by atoms with Crippen LogP contribution in [-0.4, -0.2) is 52.6 Å². The molecule has 1 aliphatic heterocycles. The second-order valence-electron chi connectivity index (χ2n) is 7.68. The van der Waals surface area contributed by atoms with E-state index in [0.717, 1.165) is 44.8 Å². The van der Waals surface area contributed by atoms with Gasteiger partial charge in [0, 0.05) is 44.0 Å². The number of anilines is 1. The van der Waals surface area contributed by atoms with Crippen molar-refractivity contribution in [2.24, 2.45) is 0 Å². The van der Waals surface area contributed by atoms with Crippen molar-refractivity contribution in [3.05, 3.63) is 66.4 Å². The fourth-order valence-corrected chi connectivity index (χ4v) is 3.98. The summed E-state index contributed by atoms with van der Waals surface area (Å²) < 4.78 is 2.09. The number of para-hydroxylation sites is 1. The van der Waals surface area contributed by atoms with E-state index in [2.05, 4.69) is 93.2 Å². The second-order valence-corrected chi connectivity index (χ2v) is 7.68. The normalized spacial score (nSPS) is 16.3. The zero-order valence-electron chi connectivity index (χ0n) is 16.8. The monoisotopic (exact) mass is 375 g/mol. The van der Waals surface area contributed by atoms with Crippen LogP contribution in [0.4, 0.5) is 5.69 Å². The maximum absolute atomic E-state index is 4.39. The summed E-state index contributed by atoms with van der Waals surface area (Å²) in [6.45, 7) is 9.90. The van der Waals surface area contributed by atoms with Crippen LogP contribution in [0, 0.1) is 6.92 Å². The van der Waals surface area contributed by atoms with Gasteiger partial charge in [0.2, 0.25) is 0 Å². The molecule has 1 aliphatic rings. The summed E-state index contributed by atoms with van der Waals surface area (Å²) >= 11 is 0. The second kappa shape index (κ2) is 8.57. The van der Waals surface area contributed by atoms with Gasteiger partial charge in [0.1, 0.15) is 0 Å². The van der Waals surface area contributed by atoms with Crippen LogP contribution in [0.1, 0.15) is 24.9 Å². The highest BCUT2D eigenvalue weighted by Gasteiger charge is 2.19. The Morgan fingerprint density at radius 3 is 2.39 bits per heavy atom. The summed E-state index contributed by atoms with van der Waals surface area (Å²) in [6.07, 6.45) is 2.96. The number of hydrogen-bond acceptors (Lipinski definition) is 4. The smallest absolute Gasteiger partial charge is 0.0891 e. The topological polar surface area (TPSA) is 37.2 Å². The van der Waals surface area contributed by atoms with E-state index in [1.54, 1.807) is 0 Å². The van der Waals surface area contributed by atoms with Gasteiger partial charge in [-0.1, -0.05) is 47.7 Å². The number of nitrogens with zero attached hydrogens (tertiary/aromatic N) is 5. The Hall–Kier alpha value is -2.66. The third kappa shape index (κ3) is 4.09. The van der Waals surface area contributed by atoms with Crippen molar-refractivity contribution in [3.8, 4) is 11.3 Å². The Morgan fingerprint density at radius 2 is 1.64 bits per heavy atom. The fourth-order valence-electron chi connectivity index (χ4n) is 3.98. The van der Waals surface area contributed by atoms with Gasteiger partial charge in [-0.3, -0.25) is 4.90 Å². The van der Waals surface area contributed by atoms with Crippen molar-refractivity contribution < 1.29 is 0 Å². The van der Waals surface area contributed by atoms with E-state index in [0.29, 0.717) is 6.04 Å². The first-order chi connectivity index (χ1) is 13.7. The van der Waals surface area contributed by atoms with Gasteiger partial charge in [-0.15, -0.1) is 5.10 Å². The molecule has 28 heavy (non-hydrogen) atoms. The van der Waals surface area contributed by atoms with Crippen LogP contribution >= 0.6 is 0 Å². The summed E-state index contributed by atoms with van der Waals surface area (Å²) in [5.74, 6) is 0. The summed E-state index contributed by atoms with van der Waals surface area (Å²) in [7, 11) is 0. The Kier molecular flexibility index (Phi) is 5.72. The van der Waals surface area contributed by atoms with Gasteiger partial charge in [0.25, 0.3) is 0 Å². The first kappa shape index (κ1) is 18.7. The van der Waals surface area contributed by atoms with Crippen LogP contribution in [0.5, 0.6) is 0 Å². The van der Waals surface area contributed by atoms with Gasteiger partial charge in [-0.25, -0.2) is 4.68 Å². The lowest BCUT2D eigenvalue weighted by Gasteiger charge is -2.36. The molecule has 1 aromatic heterocycles. The van der Waals surface area contributed by atoms with Gasteiger partial charge in [0.05, 0.1) is 17.9 Å². The molecule has 0 bridgehead atoms. The maximum atomic E-state index is 4.39. The van der Waals surface area contributed by atoms with Gasteiger partial charge in [-0.2, -0.15) is 0 Å². The lowest BCUT2D eigenvalue weighted by molar-refractivity contribution is 0.238. The molecule has 1 fully saturated rings. The molecule has 0 spiro atoms. The molecule has 2 heterocycles. The minimum atomic E-state index is 0.323. The molecule has 1 atom stereocenters. The first-order valence-electron chi connectivity index (χ1n) is 10.2. The molecular weight excluding hydrogens is 346 g/mol. The largest absolute Gasteiger partial charge is 0.369 e. The standard InChI is InChI=1S/C23H29N5/c1-19-8-6-7-11-22(19)23-18-24-25-28(23)20(2)12-13-26-14-16-27(17-15-26)21-9-4-3-5-10-21/h3-11,18,20H,12-17H2,1-2H3. The molecule has 5 heteroatoms. The lowest BCUT2D eigenvalue weighted by atomic mass is 10.1. The zero-order valence-corrected chi connectivity index (χ0v) is 16.8. The van der Waals surface area contributed by atoms with E-state index >= 15 is 0 Å². The van der Waals surface area contributed by atoms with Gasteiger partial charge in [-0.05, 0) is 38.0 Å². The maximum Gasteiger partial charge on any atom is 0.0891 e. The zero-order chi connectivity index (χ0) is 19.3. The van der Waals surface area contributed by atoms with Crippen LogP contribution < -0.4 is 4.90 Å². The third-order valence-electron chi connectivity index (χ3n) is 5.77. The molecule has 0 aliphatic carbocycles. The average molecular weight is 376 g/mol. The Bertz CT molecular complexity index is 881. The van der Waals surface area contributed by atoms with Crippen molar-refractivity contribution in [1.29, 1.82) is 0 Å². The summed E-state index contributed by atoms with van der Waals surface area (Å²) in [6, 6.07) is 19.5. The molecule has 0 N–H and O–H groups in total. The Labute approximate surface area is 167 Å². The summed E-state index contributed by atoms with van der Waals surface area (Å²) in [5, 5.41) is 8.58. The van der Waals surface area contributed by atoms with Gasteiger partial charge >= 0.3 is 0 Å². The summed E-state index contributed by atoms with van der Waals surface area (Å²) in [4.78, 5) is 5.05. The molecule has 4 rings (SSSR count). The minimum absolute atomic E-state index is 0.323. The number of rotatable bonds is 6. The Balaban J connectivity index is 1.33. The number of hydrogen-bond donors (Lipinski definition) is 0.